The van der Waals surface area contributed by atoms with Crippen molar-refractivity contribution in [2.75, 3.05) is 12.3 Å². The van der Waals surface area contributed by atoms with Crippen molar-refractivity contribution in [1.82, 2.24) is 24.1 Å². The molecule has 1 aliphatic rings. The molecule has 0 N–H and O–H groups in total. The predicted octanol–water partition coefficient (Wildman–Crippen LogP) is 4.34. The summed E-state index contributed by atoms with van der Waals surface area (Å²) >= 11 is 7.36. The fraction of sp³-hybridized carbons (Fsp3) is 0.250. The van der Waals surface area contributed by atoms with Crippen LogP contribution in [0.5, 0.6) is 0 Å². The first-order chi connectivity index (χ1) is 16.1. The van der Waals surface area contributed by atoms with E-state index in [1.165, 1.54) is 11.8 Å². The SMILES string of the molecule is C=CCn1c(=O)c2ccccc2n2c(SCC(=O)N3CCCC3c3ccc(Cl)cc3)nnc12. The van der Waals surface area contributed by atoms with Crippen molar-refractivity contribution < 1.29 is 4.79 Å². The summed E-state index contributed by atoms with van der Waals surface area (Å²) in [5.41, 5.74) is 1.68. The van der Waals surface area contributed by atoms with E-state index in [0.717, 1.165) is 30.5 Å². The molecule has 1 unspecified atom stereocenters. The lowest BCUT2D eigenvalue weighted by Gasteiger charge is -2.25. The standard InChI is InChI=1S/C24H22ClN5O2S/c1-2-13-29-22(32)18-6-3-4-7-20(18)30-23(29)26-27-24(30)33-15-21(31)28-14-5-8-19(28)16-9-11-17(25)12-10-16/h2-4,6-7,9-12,19H,1,5,8,13-15H2. The van der Waals surface area contributed by atoms with Crippen molar-refractivity contribution in [3.05, 3.63) is 82.1 Å². The first-order valence-corrected chi connectivity index (χ1v) is 12.1. The number of amides is 1. The number of thioether (sulfide) groups is 1. The Hall–Kier alpha value is -3.10. The van der Waals surface area contributed by atoms with Gasteiger partial charge in [0.15, 0.2) is 5.16 Å². The van der Waals surface area contributed by atoms with Gasteiger partial charge in [-0.2, -0.15) is 0 Å². The van der Waals surface area contributed by atoms with Crippen LogP contribution in [0.4, 0.5) is 0 Å². The molecule has 3 heterocycles. The number of hydrogen-bond acceptors (Lipinski definition) is 5. The van der Waals surface area contributed by atoms with Crippen LogP contribution in [0.25, 0.3) is 16.7 Å². The van der Waals surface area contributed by atoms with Crippen LogP contribution in [0, 0.1) is 0 Å². The number of benzene rings is 2. The molecule has 2 aromatic carbocycles. The number of para-hydroxylation sites is 1. The molecular weight excluding hydrogens is 458 g/mol. The Morgan fingerprint density at radius 2 is 1.97 bits per heavy atom. The number of carbonyl (C=O) groups excluding carboxylic acids is 1. The molecule has 7 nitrogen and oxygen atoms in total. The summed E-state index contributed by atoms with van der Waals surface area (Å²) in [5, 5.41) is 10.4. The van der Waals surface area contributed by atoms with E-state index in [1.54, 1.807) is 16.7 Å². The molecule has 0 saturated carbocycles. The monoisotopic (exact) mass is 479 g/mol. The van der Waals surface area contributed by atoms with Crippen LogP contribution in [-0.4, -0.2) is 42.3 Å². The van der Waals surface area contributed by atoms with Crippen molar-refractivity contribution in [2.45, 2.75) is 30.6 Å². The van der Waals surface area contributed by atoms with Crippen LogP contribution in [0.1, 0.15) is 24.4 Å². The fourth-order valence-electron chi connectivity index (χ4n) is 4.43. The minimum atomic E-state index is -0.138. The van der Waals surface area contributed by atoms with Gasteiger partial charge in [0.05, 0.1) is 22.7 Å². The highest BCUT2D eigenvalue weighted by molar-refractivity contribution is 7.99. The van der Waals surface area contributed by atoms with Crippen molar-refractivity contribution >= 4 is 46.0 Å². The van der Waals surface area contributed by atoms with E-state index in [1.807, 2.05) is 51.8 Å². The average molecular weight is 480 g/mol. The third-order valence-electron chi connectivity index (χ3n) is 5.94. The van der Waals surface area contributed by atoms with Crippen molar-refractivity contribution in [2.24, 2.45) is 0 Å². The second kappa shape index (κ2) is 9.03. The highest BCUT2D eigenvalue weighted by Crippen LogP contribution is 2.33. The number of halogens is 1. The van der Waals surface area contributed by atoms with Gasteiger partial charge >= 0.3 is 0 Å². The Morgan fingerprint density at radius 3 is 2.76 bits per heavy atom. The zero-order valence-corrected chi connectivity index (χ0v) is 19.4. The highest BCUT2D eigenvalue weighted by Gasteiger charge is 2.30. The Kier molecular flexibility index (Phi) is 5.95. The molecule has 0 aliphatic carbocycles. The second-order valence-corrected chi connectivity index (χ2v) is 9.30. The molecule has 1 aliphatic heterocycles. The van der Waals surface area contributed by atoms with Crippen LogP contribution >= 0.6 is 23.4 Å². The van der Waals surface area contributed by atoms with E-state index < -0.39 is 0 Å². The van der Waals surface area contributed by atoms with Gasteiger partial charge in [-0.25, -0.2) is 0 Å². The molecule has 4 aromatic rings. The number of hydrogen-bond donors (Lipinski definition) is 0. The number of likely N-dealkylation sites (tertiary alicyclic amines) is 1. The number of rotatable bonds is 6. The quantitative estimate of drug-likeness (QED) is 0.304. The summed E-state index contributed by atoms with van der Waals surface area (Å²) in [6, 6.07) is 15.1. The smallest absolute Gasteiger partial charge is 0.263 e. The van der Waals surface area contributed by atoms with Crippen LogP contribution in [0.2, 0.25) is 5.02 Å². The van der Waals surface area contributed by atoms with Gasteiger partial charge in [-0.05, 0) is 42.7 Å². The van der Waals surface area contributed by atoms with Crippen molar-refractivity contribution in [3.8, 4) is 0 Å². The molecule has 5 rings (SSSR count). The first-order valence-electron chi connectivity index (χ1n) is 10.7. The molecule has 1 fully saturated rings. The maximum absolute atomic E-state index is 13.2. The lowest BCUT2D eigenvalue weighted by molar-refractivity contribution is -0.129. The Morgan fingerprint density at radius 1 is 1.18 bits per heavy atom. The number of nitrogens with zero attached hydrogens (tertiary/aromatic N) is 5. The Balaban J connectivity index is 1.44. The molecule has 33 heavy (non-hydrogen) atoms. The van der Waals surface area contributed by atoms with E-state index in [9.17, 15) is 9.59 Å². The Labute approximate surface area is 199 Å². The van der Waals surface area contributed by atoms with Crippen LogP contribution in [0.3, 0.4) is 0 Å². The normalized spacial score (nSPS) is 16.0. The zero-order chi connectivity index (χ0) is 22.9. The summed E-state index contributed by atoms with van der Waals surface area (Å²) in [6.45, 7) is 4.81. The van der Waals surface area contributed by atoms with Gasteiger partial charge in [-0.3, -0.25) is 18.6 Å². The lowest BCUT2D eigenvalue weighted by Crippen LogP contribution is -2.32. The lowest BCUT2D eigenvalue weighted by atomic mass is 10.0. The van der Waals surface area contributed by atoms with E-state index in [4.69, 9.17) is 11.6 Å². The summed E-state index contributed by atoms with van der Waals surface area (Å²) < 4.78 is 3.39. The fourth-order valence-corrected chi connectivity index (χ4v) is 5.38. The number of allylic oxidation sites excluding steroid dienone is 1. The van der Waals surface area contributed by atoms with Gasteiger partial charge in [0.1, 0.15) is 0 Å². The van der Waals surface area contributed by atoms with Crippen LogP contribution < -0.4 is 5.56 Å². The first kappa shape index (κ1) is 21.7. The van der Waals surface area contributed by atoms with Gasteiger partial charge in [0, 0.05) is 18.1 Å². The largest absolute Gasteiger partial charge is 0.335 e. The average Bonchev–Trinajstić information content (AvgIpc) is 3.48. The predicted molar refractivity (Wildman–Crippen MR) is 131 cm³/mol. The molecule has 0 spiro atoms. The minimum absolute atomic E-state index is 0.0536. The van der Waals surface area contributed by atoms with E-state index in [-0.39, 0.29) is 23.3 Å². The van der Waals surface area contributed by atoms with Crippen molar-refractivity contribution in [1.29, 1.82) is 0 Å². The summed E-state index contributed by atoms with van der Waals surface area (Å²) in [7, 11) is 0. The molecule has 2 aromatic heterocycles. The second-order valence-electron chi connectivity index (χ2n) is 7.92. The summed E-state index contributed by atoms with van der Waals surface area (Å²) in [5.74, 6) is 0.728. The molecule has 0 bridgehead atoms. The number of carbonyl (C=O) groups is 1. The zero-order valence-electron chi connectivity index (χ0n) is 17.9. The maximum atomic E-state index is 13.2. The van der Waals surface area contributed by atoms with E-state index >= 15 is 0 Å². The van der Waals surface area contributed by atoms with Gasteiger partial charge in [0.2, 0.25) is 11.7 Å². The molecule has 1 amide bonds. The van der Waals surface area contributed by atoms with Gasteiger partial charge < -0.3 is 4.90 Å². The van der Waals surface area contributed by atoms with Gasteiger partial charge in [-0.15, -0.1) is 16.8 Å². The maximum Gasteiger partial charge on any atom is 0.263 e. The number of aromatic nitrogens is 4. The molecule has 1 atom stereocenters. The van der Waals surface area contributed by atoms with E-state index in [0.29, 0.717) is 27.9 Å². The third-order valence-corrected chi connectivity index (χ3v) is 7.11. The van der Waals surface area contributed by atoms with Crippen LogP contribution in [-0.2, 0) is 11.3 Å². The Bertz CT molecular complexity index is 1410. The van der Waals surface area contributed by atoms with Crippen LogP contribution in [0.15, 0.2) is 71.1 Å². The molecule has 168 valence electrons. The summed E-state index contributed by atoms with van der Waals surface area (Å²) in [4.78, 5) is 28.0. The van der Waals surface area contributed by atoms with Gasteiger partial charge in [0.25, 0.3) is 5.56 Å². The molecule has 9 heteroatoms. The van der Waals surface area contributed by atoms with Gasteiger partial charge in [-0.1, -0.05) is 53.7 Å². The minimum Gasteiger partial charge on any atom is -0.335 e. The molecule has 0 radical (unpaired) electrons. The topological polar surface area (TPSA) is 72.5 Å². The summed E-state index contributed by atoms with van der Waals surface area (Å²) in [6.07, 6.45) is 3.56. The number of fused-ring (bicyclic) bond motifs is 3. The van der Waals surface area contributed by atoms with Crippen molar-refractivity contribution in [3.63, 3.8) is 0 Å². The molecule has 1 saturated heterocycles. The van der Waals surface area contributed by atoms with E-state index in [2.05, 4.69) is 16.8 Å². The highest BCUT2D eigenvalue weighted by atomic mass is 35.5. The third kappa shape index (κ3) is 3.94. The molecular formula is C24H22ClN5O2S.